The third-order valence-corrected chi connectivity index (χ3v) is 7.84. The largest absolute Gasteiger partial charge is 0.493 e. The molecule has 0 radical (unpaired) electrons. The molecule has 0 bridgehead atoms. The standard InChI is InChI=1S/C35H38N2O4/c1-6-37(7-2)26-17-18-31(23(3)20-26)36-35(38)40-22-25-16-19-32(33(21-25)39-5)41-24(4)34-29-14-10-8-12-27(29)28-13-9-11-15-30(28)34/h8-21,24,34H,6-7,22H2,1-5H3,(H,36,38). The fourth-order valence-corrected chi connectivity index (χ4v) is 5.74. The van der Waals surface area contributed by atoms with E-state index in [1.54, 1.807) is 7.11 Å². The molecule has 6 nitrogen and oxygen atoms in total. The molecule has 41 heavy (non-hydrogen) atoms. The van der Waals surface area contributed by atoms with Crippen LogP contribution in [0, 0.1) is 6.92 Å². The first-order valence-corrected chi connectivity index (χ1v) is 14.2. The Morgan fingerprint density at radius 1 is 0.878 bits per heavy atom. The lowest BCUT2D eigenvalue weighted by atomic mass is 9.92. The molecule has 0 aliphatic heterocycles. The first-order chi connectivity index (χ1) is 19.9. The third-order valence-electron chi connectivity index (χ3n) is 7.84. The number of hydrogen-bond acceptors (Lipinski definition) is 5. The van der Waals surface area contributed by atoms with Crippen LogP contribution in [0.15, 0.2) is 84.9 Å². The molecule has 5 rings (SSSR count). The molecule has 0 fully saturated rings. The molecule has 1 N–H and O–H groups in total. The average Bonchev–Trinajstić information content (AvgIpc) is 3.33. The molecule has 0 spiro atoms. The van der Waals surface area contributed by atoms with Crippen LogP contribution in [0.25, 0.3) is 11.1 Å². The van der Waals surface area contributed by atoms with Gasteiger partial charge in [-0.05, 0) is 91.4 Å². The number of nitrogens with zero attached hydrogens (tertiary/aromatic N) is 1. The van der Waals surface area contributed by atoms with E-state index in [9.17, 15) is 4.79 Å². The molecule has 6 heteroatoms. The summed E-state index contributed by atoms with van der Waals surface area (Å²) in [6.07, 6.45) is -0.631. The monoisotopic (exact) mass is 550 g/mol. The topological polar surface area (TPSA) is 60.0 Å². The molecule has 0 saturated carbocycles. The highest BCUT2D eigenvalue weighted by atomic mass is 16.5. The van der Waals surface area contributed by atoms with Crippen LogP contribution in [-0.2, 0) is 11.3 Å². The Bertz CT molecular complexity index is 1480. The minimum absolute atomic E-state index is 0.109. The molecule has 4 aromatic rings. The minimum Gasteiger partial charge on any atom is -0.493 e. The number of fused-ring (bicyclic) bond motifs is 3. The number of carbonyl (C=O) groups excluding carboxylic acids is 1. The number of benzene rings is 4. The summed E-state index contributed by atoms with van der Waals surface area (Å²) in [5.41, 5.74) is 8.72. The van der Waals surface area contributed by atoms with Crippen molar-refractivity contribution in [1.82, 2.24) is 0 Å². The van der Waals surface area contributed by atoms with Crippen LogP contribution in [0.3, 0.4) is 0 Å². The van der Waals surface area contributed by atoms with Crippen molar-refractivity contribution >= 4 is 17.5 Å². The van der Waals surface area contributed by atoms with Gasteiger partial charge in [0.05, 0.1) is 7.11 Å². The highest BCUT2D eigenvalue weighted by Gasteiger charge is 2.33. The first kappa shape index (κ1) is 28.1. The maximum Gasteiger partial charge on any atom is 0.411 e. The van der Waals surface area contributed by atoms with Crippen molar-refractivity contribution in [3.05, 3.63) is 107 Å². The van der Waals surface area contributed by atoms with Crippen LogP contribution in [0.5, 0.6) is 11.5 Å². The van der Waals surface area contributed by atoms with Gasteiger partial charge >= 0.3 is 6.09 Å². The summed E-state index contributed by atoms with van der Waals surface area (Å²) >= 11 is 0. The van der Waals surface area contributed by atoms with E-state index in [0.29, 0.717) is 11.5 Å². The van der Waals surface area contributed by atoms with Gasteiger partial charge in [0.15, 0.2) is 11.5 Å². The summed E-state index contributed by atoms with van der Waals surface area (Å²) in [6, 6.07) is 28.7. The van der Waals surface area contributed by atoms with E-state index in [0.717, 1.165) is 35.6 Å². The van der Waals surface area contributed by atoms with Crippen LogP contribution in [0.2, 0.25) is 0 Å². The van der Waals surface area contributed by atoms with Crippen LogP contribution >= 0.6 is 0 Å². The number of ether oxygens (including phenoxy) is 3. The van der Waals surface area contributed by atoms with Gasteiger partial charge in [-0.3, -0.25) is 5.32 Å². The van der Waals surface area contributed by atoms with E-state index < -0.39 is 6.09 Å². The van der Waals surface area contributed by atoms with Gasteiger partial charge in [-0.15, -0.1) is 0 Å². The molecule has 0 aromatic heterocycles. The summed E-state index contributed by atoms with van der Waals surface area (Å²) in [5, 5.41) is 2.86. The predicted octanol–water partition coefficient (Wildman–Crippen LogP) is 8.18. The first-order valence-electron chi connectivity index (χ1n) is 14.2. The predicted molar refractivity (Wildman–Crippen MR) is 165 cm³/mol. The maximum absolute atomic E-state index is 12.6. The summed E-state index contributed by atoms with van der Waals surface area (Å²) in [6.45, 7) is 10.3. The average molecular weight is 551 g/mol. The molecule has 1 amide bonds. The minimum atomic E-state index is -0.504. The van der Waals surface area contributed by atoms with Gasteiger partial charge in [-0.1, -0.05) is 54.6 Å². The Kier molecular flexibility index (Phi) is 8.48. The molecule has 1 unspecified atom stereocenters. The van der Waals surface area contributed by atoms with Gasteiger partial charge < -0.3 is 19.1 Å². The van der Waals surface area contributed by atoms with Gasteiger partial charge in [-0.2, -0.15) is 0 Å². The zero-order valence-electron chi connectivity index (χ0n) is 24.4. The van der Waals surface area contributed by atoms with Crippen molar-refractivity contribution in [1.29, 1.82) is 0 Å². The van der Waals surface area contributed by atoms with Crippen molar-refractivity contribution in [2.75, 3.05) is 30.4 Å². The van der Waals surface area contributed by atoms with Gasteiger partial charge in [0, 0.05) is 30.4 Å². The fraction of sp³-hybridized carbons (Fsp3) is 0.286. The number of anilines is 2. The summed E-state index contributed by atoms with van der Waals surface area (Å²) in [7, 11) is 1.62. The Hall–Kier alpha value is -4.45. The van der Waals surface area contributed by atoms with Crippen molar-refractivity contribution in [2.45, 2.75) is 46.3 Å². The summed E-state index contributed by atoms with van der Waals surface area (Å²) in [5.74, 6) is 1.36. The van der Waals surface area contributed by atoms with Crippen molar-refractivity contribution in [3.63, 3.8) is 0 Å². The molecule has 0 heterocycles. The molecular formula is C35H38N2O4. The number of methoxy groups -OCH3 is 1. The second-order valence-corrected chi connectivity index (χ2v) is 10.3. The number of nitrogens with one attached hydrogen (secondary N) is 1. The zero-order valence-corrected chi connectivity index (χ0v) is 24.4. The molecule has 1 aliphatic carbocycles. The van der Waals surface area contributed by atoms with Crippen LogP contribution in [-0.4, -0.2) is 32.4 Å². The van der Waals surface area contributed by atoms with Crippen LogP contribution in [0.1, 0.15) is 48.9 Å². The van der Waals surface area contributed by atoms with E-state index in [4.69, 9.17) is 14.2 Å². The van der Waals surface area contributed by atoms with E-state index in [2.05, 4.69) is 85.6 Å². The second-order valence-electron chi connectivity index (χ2n) is 10.3. The smallest absolute Gasteiger partial charge is 0.411 e. The Labute approximate surface area is 242 Å². The van der Waals surface area contributed by atoms with Gasteiger partial charge in [0.1, 0.15) is 12.7 Å². The van der Waals surface area contributed by atoms with Gasteiger partial charge in [0.2, 0.25) is 0 Å². The third kappa shape index (κ3) is 5.87. The van der Waals surface area contributed by atoms with E-state index >= 15 is 0 Å². The lowest BCUT2D eigenvalue weighted by molar-refractivity contribution is 0.155. The molecule has 0 saturated heterocycles. The summed E-state index contributed by atoms with van der Waals surface area (Å²) in [4.78, 5) is 14.9. The van der Waals surface area contributed by atoms with Crippen molar-refractivity contribution in [2.24, 2.45) is 0 Å². The van der Waals surface area contributed by atoms with Crippen molar-refractivity contribution < 1.29 is 19.0 Å². The van der Waals surface area contributed by atoms with E-state index in [-0.39, 0.29) is 18.6 Å². The quantitative estimate of drug-likeness (QED) is 0.216. The number of rotatable bonds is 10. The normalized spacial score (nSPS) is 12.7. The fourth-order valence-electron chi connectivity index (χ4n) is 5.74. The number of hydrogen-bond donors (Lipinski definition) is 1. The Morgan fingerprint density at radius 3 is 2.15 bits per heavy atom. The lowest BCUT2D eigenvalue weighted by Crippen LogP contribution is -2.22. The number of amides is 1. The maximum atomic E-state index is 12.6. The van der Waals surface area contributed by atoms with Gasteiger partial charge in [-0.25, -0.2) is 4.79 Å². The summed E-state index contributed by atoms with van der Waals surface area (Å²) < 4.78 is 17.7. The second kappa shape index (κ2) is 12.4. The Balaban J connectivity index is 1.23. The molecule has 1 atom stereocenters. The lowest BCUT2D eigenvalue weighted by Gasteiger charge is -2.24. The molecule has 212 valence electrons. The van der Waals surface area contributed by atoms with Crippen molar-refractivity contribution in [3.8, 4) is 22.6 Å². The highest BCUT2D eigenvalue weighted by molar-refractivity contribution is 5.86. The molecular weight excluding hydrogens is 512 g/mol. The van der Waals surface area contributed by atoms with Crippen LogP contribution in [0.4, 0.5) is 16.2 Å². The van der Waals surface area contributed by atoms with Gasteiger partial charge in [0.25, 0.3) is 0 Å². The highest BCUT2D eigenvalue weighted by Crippen LogP contribution is 2.47. The Morgan fingerprint density at radius 2 is 1.54 bits per heavy atom. The molecule has 4 aromatic carbocycles. The number of carbonyl (C=O) groups is 1. The van der Waals surface area contributed by atoms with E-state index in [1.165, 1.54) is 22.3 Å². The van der Waals surface area contributed by atoms with Crippen LogP contribution < -0.4 is 19.7 Å². The molecule has 1 aliphatic rings. The zero-order chi connectivity index (χ0) is 28.9. The number of aryl methyl sites for hydroxylation is 1. The SMILES string of the molecule is CCN(CC)c1ccc(NC(=O)OCc2ccc(OC(C)C3c4ccccc4-c4ccccc43)c(OC)c2)c(C)c1. The van der Waals surface area contributed by atoms with E-state index in [1.807, 2.05) is 37.3 Å².